The van der Waals surface area contributed by atoms with Crippen LogP contribution in [-0.2, 0) is 33.3 Å². The second kappa shape index (κ2) is 86.1. The third-order valence-corrected chi connectivity index (χ3v) is 20.7. The molecule has 612 valence electrons. The average molecular weight is 1470 g/mol. The highest BCUT2D eigenvalue weighted by Gasteiger charge is 2.22. The lowest BCUT2D eigenvalue weighted by Gasteiger charge is -2.26. The molecule has 0 saturated carbocycles. The molecule has 2 atom stereocenters. The number of ether oxygens (including phenoxy) is 4. The minimum Gasteiger partial charge on any atom is -0.545 e. The van der Waals surface area contributed by atoms with Crippen LogP contribution in [0.1, 0.15) is 450 Å². The summed E-state index contributed by atoms with van der Waals surface area (Å²) in [5, 5.41) is 11.9. The van der Waals surface area contributed by atoms with Crippen molar-refractivity contribution in [2.45, 2.75) is 463 Å². The molecule has 0 fully saturated rings. The Morgan fingerprint density at radius 3 is 0.810 bits per heavy atom. The largest absolute Gasteiger partial charge is 0.545 e. The van der Waals surface area contributed by atoms with Crippen molar-refractivity contribution in [1.82, 2.24) is 0 Å². The molecule has 0 aromatic carbocycles. The molecule has 0 radical (unpaired) electrons. The summed E-state index contributed by atoms with van der Waals surface area (Å²) in [5.74, 6) is -2.25. The molecule has 0 aliphatic heterocycles. The summed E-state index contributed by atoms with van der Waals surface area (Å²) in [6.45, 7) is 4.71. The van der Waals surface area contributed by atoms with Crippen molar-refractivity contribution in [1.29, 1.82) is 0 Å². The molecule has 0 N–H and O–H groups in total. The minimum absolute atomic E-state index is 0.149. The molecule has 0 saturated heterocycles. The topological polar surface area (TPSA) is 111 Å². The molecule has 0 aromatic rings. The van der Waals surface area contributed by atoms with Crippen molar-refractivity contribution in [2.75, 3.05) is 47.5 Å². The summed E-state index contributed by atoms with van der Waals surface area (Å²) < 4.78 is 22.9. The molecule has 2 unspecified atom stereocenters. The quantitative estimate of drug-likeness (QED) is 0.0195. The number of allylic oxidation sites excluding steroid dienone is 14. The Bertz CT molecular complexity index is 2010. The standard InChI is InChI=1S/C96H175NO8/c1-6-8-10-12-14-16-18-20-22-24-26-28-30-32-34-36-38-40-42-44-46-47-49-51-53-55-57-59-61-63-65-67-69-71-73-75-77-79-81-83-85-87-94(99)105-92(91-104-96(95(100)101)102-89-88-97(3,4)5)90-103-93(98)86-84-82-80-78-76-74-72-70-68-66-64-62-60-58-56-54-52-50-48-45-43-41-39-37-35-33-31-29-27-25-23-21-19-17-15-13-11-9-7-2/h8,10,14,16,20,22,26,28,32,34,38,40,44,46,92,96H,6-7,9,11-13,15,17-19,21,23-25,27,29-31,33,35-37,39,41-43,45,47-91H2,1-5H3/b10-8-,16-14-,22-20-,28-26-,34-32-,40-38-,46-44-. The van der Waals surface area contributed by atoms with Crippen molar-refractivity contribution in [2.24, 2.45) is 0 Å². The Morgan fingerprint density at radius 1 is 0.295 bits per heavy atom. The Balaban J connectivity index is 3.91. The summed E-state index contributed by atoms with van der Waals surface area (Å²) in [5.41, 5.74) is 0. The first-order valence-corrected chi connectivity index (χ1v) is 45.7. The number of quaternary nitrogens is 1. The smallest absolute Gasteiger partial charge is 0.306 e. The third-order valence-electron chi connectivity index (χ3n) is 20.7. The van der Waals surface area contributed by atoms with E-state index in [1.165, 1.54) is 340 Å². The van der Waals surface area contributed by atoms with Gasteiger partial charge in [-0.1, -0.05) is 452 Å². The van der Waals surface area contributed by atoms with E-state index in [9.17, 15) is 19.5 Å². The second-order valence-electron chi connectivity index (χ2n) is 32.2. The zero-order valence-electron chi connectivity index (χ0n) is 70.4. The molecule has 0 amide bonds. The predicted octanol–water partition coefficient (Wildman–Crippen LogP) is 28.7. The Labute approximate surface area is 652 Å². The first-order valence-electron chi connectivity index (χ1n) is 45.7. The van der Waals surface area contributed by atoms with Gasteiger partial charge in [0.2, 0.25) is 0 Å². The number of esters is 2. The molecule has 9 nitrogen and oxygen atoms in total. The number of rotatable bonds is 86. The predicted molar refractivity (Wildman–Crippen MR) is 454 cm³/mol. The Morgan fingerprint density at radius 2 is 0.543 bits per heavy atom. The maximum atomic E-state index is 13.0. The van der Waals surface area contributed by atoms with Crippen LogP contribution < -0.4 is 5.11 Å². The maximum Gasteiger partial charge on any atom is 0.306 e. The summed E-state index contributed by atoms with van der Waals surface area (Å²) in [7, 11) is 5.96. The van der Waals surface area contributed by atoms with Gasteiger partial charge in [-0.05, 0) is 70.6 Å². The van der Waals surface area contributed by atoms with Gasteiger partial charge in [0, 0.05) is 12.8 Å². The molecular formula is C96H175NO8. The molecule has 0 aliphatic carbocycles. The van der Waals surface area contributed by atoms with E-state index in [2.05, 4.69) is 98.9 Å². The molecule has 9 heteroatoms. The van der Waals surface area contributed by atoms with Crippen LogP contribution in [0, 0.1) is 0 Å². The zero-order chi connectivity index (χ0) is 76.0. The third kappa shape index (κ3) is 87.6. The lowest BCUT2D eigenvalue weighted by molar-refractivity contribution is -0.870. The summed E-state index contributed by atoms with van der Waals surface area (Å²) in [6, 6.07) is 0. The normalized spacial score (nSPS) is 13.0. The monoisotopic (exact) mass is 1470 g/mol. The average Bonchev–Trinajstić information content (AvgIpc) is 1.18. The highest BCUT2D eigenvalue weighted by molar-refractivity contribution is 5.70. The van der Waals surface area contributed by atoms with Crippen LogP contribution in [0.15, 0.2) is 85.1 Å². The SMILES string of the molecule is CC/C=C\C/C=C\C/C=C\C/C=C\C/C=C\C/C=C\C/C=C\CCCCCCCCCCCCCCCCCCCCCC(=O)OC(COC(=O)CCCCCCCCCCCCCCCCCCCCCCCCCCCCCCCCCCCCCCCCC)COC(OCC[N+](C)(C)C)C(=O)[O-]. The highest BCUT2D eigenvalue weighted by Crippen LogP contribution is 2.21. The van der Waals surface area contributed by atoms with Crippen LogP contribution in [-0.4, -0.2) is 82.3 Å². The molecule has 0 aliphatic rings. The van der Waals surface area contributed by atoms with Crippen LogP contribution >= 0.6 is 0 Å². The molecule has 105 heavy (non-hydrogen) atoms. The number of nitrogens with zero attached hydrogens (tertiary/aromatic N) is 1. The van der Waals surface area contributed by atoms with Gasteiger partial charge in [-0.15, -0.1) is 0 Å². The van der Waals surface area contributed by atoms with Gasteiger partial charge < -0.3 is 33.3 Å². The van der Waals surface area contributed by atoms with Gasteiger partial charge in [-0.3, -0.25) is 9.59 Å². The van der Waals surface area contributed by atoms with Crippen molar-refractivity contribution in [3.8, 4) is 0 Å². The van der Waals surface area contributed by atoms with Gasteiger partial charge in [-0.25, -0.2) is 0 Å². The fourth-order valence-corrected chi connectivity index (χ4v) is 13.8. The number of unbranched alkanes of at least 4 members (excludes halogenated alkanes) is 57. The summed E-state index contributed by atoms with van der Waals surface area (Å²) in [6.07, 6.45) is 116. The lowest BCUT2D eigenvalue weighted by atomic mass is 10.0. The van der Waals surface area contributed by atoms with Gasteiger partial charge in [0.05, 0.1) is 40.3 Å². The van der Waals surface area contributed by atoms with Crippen molar-refractivity contribution >= 4 is 17.9 Å². The molecule has 0 aromatic heterocycles. The first kappa shape index (κ1) is 101. The van der Waals surface area contributed by atoms with E-state index >= 15 is 0 Å². The fourth-order valence-electron chi connectivity index (χ4n) is 13.8. The molecule has 0 heterocycles. The van der Waals surface area contributed by atoms with Gasteiger partial charge >= 0.3 is 11.9 Å². The van der Waals surface area contributed by atoms with Crippen LogP contribution in [0.2, 0.25) is 0 Å². The number of carboxylic acid groups (broad SMARTS) is 1. The van der Waals surface area contributed by atoms with Crippen LogP contribution in [0.25, 0.3) is 0 Å². The van der Waals surface area contributed by atoms with E-state index in [1.807, 2.05) is 21.1 Å². The van der Waals surface area contributed by atoms with E-state index in [4.69, 9.17) is 18.9 Å². The van der Waals surface area contributed by atoms with E-state index < -0.39 is 24.3 Å². The Kier molecular flexibility index (Phi) is 83.2. The van der Waals surface area contributed by atoms with E-state index in [1.54, 1.807) is 0 Å². The van der Waals surface area contributed by atoms with E-state index in [0.717, 1.165) is 77.0 Å². The van der Waals surface area contributed by atoms with Gasteiger partial charge in [-0.2, -0.15) is 0 Å². The van der Waals surface area contributed by atoms with E-state index in [0.29, 0.717) is 23.9 Å². The lowest BCUT2D eigenvalue weighted by Crippen LogP contribution is -2.44. The van der Waals surface area contributed by atoms with Gasteiger partial charge in [0.15, 0.2) is 12.4 Å². The minimum atomic E-state index is -1.62. The number of carboxylic acids is 1. The number of aliphatic carboxylic acids is 1. The molecular weight excluding hydrogens is 1300 g/mol. The number of likely N-dealkylation sites (N-methyl/N-ethyl adjacent to an activating group) is 1. The molecule has 0 bridgehead atoms. The zero-order valence-corrected chi connectivity index (χ0v) is 70.4. The number of hydrogen-bond acceptors (Lipinski definition) is 8. The second-order valence-corrected chi connectivity index (χ2v) is 32.2. The van der Waals surface area contributed by atoms with Crippen LogP contribution in [0.4, 0.5) is 0 Å². The van der Waals surface area contributed by atoms with Crippen molar-refractivity contribution in [3.05, 3.63) is 85.1 Å². The van der Waals surface area contributed by atoms with Gasteiger partial charge in [0.25, 0.3) is 0 Å². The molecule has 0 rings (SSSR count). The van der Waals surface area contributed by atoms with E-state index in [-0.39, 0.29) is 32.2 Å². The van der Waals surface area contributed by atoms with Crippen LogP contribution in [0.5, 0.6) is 0 Å². The van der Waals surface area contributed by atoms with Gasteiger partial charge in [0.1, 0.15) is 13.2 Å². The Hall–Kier alpha value is -3.53. The number of carbonyl (C=O) groups is 3. The van der Waals surface area contributed by atoms with Crippen molar-refractivity contribution < 1.29 is 42.9 Å². The number of carbonyl (C=O) groups excluding carboxylic acids is 3. The molecule has 0 spiro atoms. The van der Waals surface area contributed by atoms with Crippen molar-refractivity contribution in [3.63, 3.8) is 0 Å². The fraction of sp³-hybridized carbons (Fsp3) is 0.823. The first-order chi connectivity index (χ1) is 51.6. The number of hydrogen-bond donors (Lipinski definition) is 0. The summed E-state index contributed by atoms with van der Waals surface area (Å²) >= 11 is 0. The van der Waals surface area contributed by atoms with Crippen LogP contribution in [0.3, 0.4) is 0 Å². The summed E-state index contributed by atoms with van der Waals surface area (Å²) in [4.78, 5) is 37.7. The maximum absolute atomic E-state index is 13.0. The highest BCUT2D eigenvalue weighted by atomic mass is 16.7.